The van der Waals surface area contributed by atoms with Crippen LogP contribution in [-0.2, 0) is 4.79 Å². The Morgan fingerprint density at radius 3 is 2.88 bits per heavy atom. The lowest BCUT2D eigenvalue weighted by Gasteiger charge is -2.17. The maximum Gasteiger partial charge on any atom is 0.242 e. The van der Waals surface area contributed by atoms with Crippen LogP contribution in [0.25, 0.3) is 0 Å². The van der Waals surface area contributed by atoms with Crippen LogP contribution in [0.2, 0.25) is 0 Å². The fourth-order valence-corrected chi connectivity index (χ4v) is 2.05. The lowest BCUT2D eigenvalue weighted by atomic mass is 10.3. The minimum absolute atomic E-state index is 0.0706. The van der Waals surface area contributed by atoms with Gasteiger partial charge in [-0.05, 0) is 38.8 Å². The molecule has 0 heterocycles. The van der Waals surface area contributed by atoms with E-state index in [9.17, 15) is 9.18 Å². The molecule has 2 rings (SSSR count). The average molecular weight is 336 g/mol. The van der Waals surface area contributed by atoms with Gasteiger partial charge in [0.2, 0.25) is 5.91 Å². The second-order valence-electron chi connectivity index (χ2n) is 5.80. The molecule has 7 heteroatoms. The monoisotopic (exact) mass is 336 g/mol. The van der Waals surface area contributed by atoms with Crippen molar-refractivity contribution >= 4 is 11.9 Å². The maximum atomic E-state index is 13.1. The highest BCUT2D eigenvalue weighted by atomic mass is 19.1. The molecule has 24 heavy (non-hydrogen) atoms. The van der Waals surface area contributed by atoms with Gasteiger partial charge in [0.05, 0.1) is 6.54 Å². The van der Waals surface area contributed by atoms with Crippen molar-refractivity contribution in [1.82, 2.24) is 16.0 Å². The first-order valence-electron chi connectivity index (χ1n) is 8.30. The third-order valence-corrected chi connectivity index (χ3v) is 3.36. The second-order valence-corrected chi connectivity index (χ2v) is 5.80. The number of carbonyl (C=O) groups excluding carboxylic acids is 1. The molecule has 1 aliphatic rings. The van der Waals surface area contributed by atoms with E-state index in [0.717, 1.165) is 12.8 Å². The summed E-state index contributed by atoms with van der Waals surface area (Å²) in [5, 5.41) is 9.09. The Balaban J connectivity index is 1.77. The Kier molecular flexibility index (Phi) is 6.84. The van der Waals surface area contributed by atoms with Gasteiger partial charge in [0, 0.05) is 18.7 Å². The molecule has 1 saturated carbocycles. The molecule has 3 N–H and O–H groups in total. The Labute approximate surface area is 141 Å². The van der Waals surface area contributed by atoms with Gasteiger partial charge in [-0.15, -0.1) is 0 Å². The van der Waals surface area contributed by atoms with Crippen LogP contribution in [0.1, 0.15) is 26.7 Å². The summed E-state index contributed by atoms with van der Waals surface area (Å²) in [6.07, 6.45) is 1.93. The van der Waals surface area contributed by atoms with Crippen LogP contribution in [0.3, 0.4) is 0 Å². The number of hydrogen-bond acceptors (Lipinski definition) is 3. The SMILES string of the molecule is CCNC(=NCC(=O)NC1CC1)NCC(C)Oc1cccc(F)c1. The normalized spacial score (nSPS) is 15.5. The number of nitrogens with one attached hydrogen (secondary N) is 3. The molecule has 0 radical (unpaired) electrons. The van der Waals surface area contributed by atoms with Gasteiger partial charge in [0.15, 0.2) is 5.96 Å². The molecule has 1 aromatic carbocycles. The molecule has 0 spiro atoms. The Morgan fingerprint density at radius 1 is 1.42 bits per heavy atom. The van der Waals surface area contributed by atoms with Gasteiger partial charge in [-0.2, -0.15) is 0 Å². The largest absolute Gasteiger partial charge is 0.489 e. The number of guanidine groups is 1. The van der Waals surface area contributed by atoms with Crippen molar-refractivity contribution < 1.29 is 13.9 Å². The molecule has 132 valence electrons. The maximum absolute atomic E-state index is 13.1. The van der Waals surface area contributed by atoms with E-state index in [2.05, 4.69) is 20.9 Å². The van der Waals surface area contributed by atoms with E-state index in [4.69, 9.17) is 4.74 Å². The lowest BCUT2D eigenvalue weighted by Crippen LogP contribution is -2.42. The van der Waals surface area contributed by atoms with E-state index < -0.39 is 0 Å². The highest BCUT2D eigenvalue weighted by molar-refractivity contribution is 5.85. The molecular formula is C17H25FN4O2. The fraction of sp³-hybridized carbons (Fsp3) is 0.529. The van der Waals surface area contributed by atoms with Crippen molar-refractivity contribution in [2.45, 2.75) is 38.8 Å². The zero-order valence-electron chi connectivity index (χ0n) is 14.1. The number of amides is 1. The summed E-state index contributed by atoms with van der Waals surface area (Å²) in [6.45, 7) is 5.09. The number of nitrogens with zero attached hydrogens (tertiary/aromatic N) is 1. The summed E-state index contributed by atoms with van der Waals surface area (Å²) in [5.74, 6) is 0.635. The summed E-state index contributed by atoms with van der Waals surface area (Å²) in [5.41, 5.74) is 0. The number of carbonyl (C=O) groups is 1. The van der Waals surface area contributed by atoms with Crippen LogP contribution < -0.4 is 20.7 Å². The third kappa shape index (κ3) is 6.85. The summed E-state index contributed by atoms with van der Waals surface area (Å²) in [4.78, 5) is 15.9. The Hall–Kier alpha value is -2.31. The van der Waals surface area contributed by atoms with Gasteiger partial charge >= 0.3 is 0 Å². The first-order valence-corrected chi connectivity index (χ1v) is 8.30. The molecular weight excluding hydrogens is 311 g/mol. The average Bonchev–Trinajstić information content (AvgIpc) is 3.34. The number of hydrogen-bond donors (Lipinski definition) is 3. The lowest BCUT2D eigenvalue weighted by molar-refractivity contribution is -0.119. The first-order chi connectivity index (χ1) is 11.6. The van der Waals surface area contributed by atoms with Crippen LogP contribution in [0.4, 0.5) is 4.39 Å². The zero-order chi connectivity index (χ0) is 17.4. The van der Waals surface area contributed by atoms with Crippen molar-refractivity contribution in [2.75, 3.05) is 19.6 Å². The van der Waals surface area contributed by atoms with Crippen LogP contribution in [0.15, 0.2) is 29.3 Å². The summed E-state index contributed by atoms with van der Waals surface area (Å²) in [6, 6.07) is 6.37. The molecule has 1 unspecified atom stereocenters. The standard InChI is InChI=1S/C17H25FN4O2/c1-3-19-17(21-11-16(23)22-14-7-8-14)20-10-12(2)24-15-6-4-5-13(18)9-15/h4-6,9,12,14H,3,7-8,10-11H2,1-2H3,(H,22,23)(H2,19,20,21). The first kappa shape index (κ1) is 18.0. The number of benzene rings is 1. The number of ether oxygens (including phenoxy) is 1. The molecule has 0 aromatic heterocycles. The van der Waals surface area contributed by atoms with E-state index >= 15 is 0 Å². The predicted molar refractivity (Wildman–Crippen MR) is 91.6 cm³/mol. The van der Waals surface area contributed by atoms with Gasteiger partial charge in [-0.25, -0.2) is 9.38 Å². The topological polar surface area (TPSA) is 74.8 Å². The van der Waals surface area contributed by atoms with E-state index in [0.29, 0.717) is 30.8 Å². The molecule has 6 nitrogen and oxygen atoms in total. The number of aliphatic imine (C=N–C) groups is 1. The van der Waals surface area contributed by atoms with E-state index in [-0.39, 0.29) is 24.4 Å². The van der Waals surface area contributed by atoms with Gasteiger partial charge in [-0.3, -0.25) is 4.79 Å². The van der Waals surface area contributed by atoms with E-state index in [1.54, 1.807) is 12.1 Å². The van der Waals surface area contributed by atoms with Crippen molar-refractivity contribution in [1.29, 1.82) is 0 Å². The van der Waals surface area contributed by atoms with Gasteiger partial charge in [0.25, 0.3) is 0 Å². The van der Waals surface area contributed by atoms with Crippen LogP contribution >= 0.6 is 0 Å². The van der Waals surface area contributed by atoms with Crippen LogP contribution in [0.5, 0.6) is 5.75 Å². The van der Waals surface area contributed by atoms with Gasteiger partial charge in [-0.1, -0.05) is 6.07 Å². The Bertz CT molecular complexity index is 575. The fourth-order valence-electron chi connectivity index (χ4n) is 2.05. The summed E-state index contributed by atoms with van der Waals surface area (Å²) in [7, 11) is 0. The van der Waals surface area contributed by atoms with E-state index in [1.165, 1.54) is 12.1 Å². The second kappa shape index (κ2) is 9.10. The highest BCUT2D eigenvalue weighted by Crippen LogP contribution is 2.18. The van der Waals surface area contributed by atoms with Crippen molar-refractivity contribution in [3.8, 4) is 5.75 Å². The number of rotatable bonds is 8. The third-order valence-electron chi connectivity index (χ3n) is 3.36. The highest BCUT2D eigenvalue weighted by Gasteiger charge is 2.22. The number of halogens is 1. The molecule has 1 atom stereocenters. The van der Waals surface area contributed by atoms with Crippen molar-refractivity contribution in [3.63, 3.8) is 0 Å². The quantitative estimate of drug-likeness (QED) is 0.496. The van der Waals surface area contributed by atoms with Crippen LogP contribution in [0, 0.1) is 5.82 Å². The van der Waals surface area contributed by atoms with Crippen molar-refractivity contribution in [2.24, 2.45) is 4.99 Å². The predicted octanol–water partition coefficient (Wildman–Crippen LogP) is 1.43. The molecule has 0 aliphatic heterocycles. The van der Waals surface area contributed by atoms with Crippen molar-refractivity contribution in [3.05, 3.63) is 30.1 Å². The summed E-state index contributed by atoms with van der Waals surface area (Å²) >= 11 is 0. The zero-order valence-corrected chi connectivity index (χ0v) is 14.1. The molecule has 0 saturated heterocycles. The summed E-state index contributed by atoms with van der Waals surface area (Å²) < 4.78 is 18.8. The van der Waals surface area contributed by atoms with Gasteiger partial charge < -0.3 is 20.7 Å². The van der Waals surface area contributed by atoms with E-state index in [1.807, 2.05) is 13.8 Å². The Morgan fingerprint density at radius 2 is 2.21 bits per heavy atom. The minimum Gasteiger partial charge on any atom is -0.489 e. The molecule has 1 amide bonds. The molecule has 0 bridgehead atoms. The van der Waals surface area contributed by atoms with Gasteiger partial charge in [0.1, 0.15) is 24.2 Å². The smallest absolute Gasteiger partial charge is 0.242 e. The minimum atomic E-state index is -0.329. The molecule has 1 aromatic rings. The molecule has 1 aliphatic carbocycles. The molecule has 1 fully saturated rings. The van der Waals surface area contributed by atoms with Crippen LogP contribution in [-0.4, -0.2) is 43.6 Å².